The topological polar surface area (TPSA) is 162 Å². The van der Waals surface area contributed by atoms with Gasteiger partial charge in [-0.25, -0.2) is 9.78 Å². The number of nitrogens with two attached hydrogens (primary N) is 1. The van der Waals surface area contributed by atoms with E-state index in [1.165, 1.54) is 11.3 Å². The molecule has 34 heavy (non-hydrogen) atoms. The molecule has 7 N–H and O–H groups in total. The molecule has 180 valence electrons. The lowest BCUT2D eigenvalue weighted by Crippen LogP contribution is -2.45. The van der Waals surface area contributed by atoms with E-state index in [4.69, 9.17) is 5.73 Å². The highest BCUT2D eigenvalue weighted by Crippen LogP contribution is 2.26. The third-order valence-corrected chi connectivity index (χ3v) is 6.79. The van der Waals surface area contributed by atoms with Crippen molar-refractivity contribution in [1.82, 2.24) is 20.6 Å². The molecule has 1 aliphatic heterocycles. The number of aromatic carboxylic acids is 1. The lowest BCUT2D eigenvalue weighted by Gasteiger charge is -2.20. The van der Waals surface area contributed by atoms with Gasteiger partial charge in [-0.15, -0.1) is 11.3 Å². The molecule has 2 atom stereocenters. The first-order valence-corrected chi connectivity index (χ1v) is 12.1. The smallest absolute Gasteiger partial charge is 0.352 e. The fourth-order valence-electron chi connectivity index (χ4n) is 4.23. The Morgan fingerprint density at radius 3 is 2.85 bits per heavy atom. The van der Waals surface area contributed by atoms with Gasteiger partial charge in [-0.3, -0.25) is 14.9 Å². The maximum absolute atomic E-state index is 12.9. The summed E-state index contributed by atoms with van der Waals surface area (Å²) >= 11 is 1.17. The molecule has 0 aliphatic carbocycles. The van der Waals surface area contributed by atoms with E-state index in [-0.39, 0.29) is 29.4 Å². The lowest BCUT2D eigenvalue weighted by atomic mass is 10.0. The number of hydrogen-bond acceptors (Lipinski definition) is 7. The number of aromatic nitrogens is 2. The Labute approximate surface area is 200 Å². The van der Waals surface area contributed by atoms with Crippen LogP contribution in [-0.4, -0.2) is 58.0 Å². The van der Waals surface area contributed by atoms with E-state index in [9.17, 15) is 19.5 Å². The van der Waals surface area contributed by atoms with Crippen molar-refractivity contribution >= 4 is 45.2 Å². The summed E-state index contributed by atoms with van der Waals surface area (Å²) in [4.78, 5) is 44.2. The molecule has 1 aromatic carbocycles. The highest BCUT2D eigenvalue weighted by Gasteiger charge is 2.24. The molecular weight excluding hydrogens is 456 g/mol. The second-order valence-corrected chi connectivity index (χ2v) is 9.25. The van der Waals surface area contributed by atoms with Gasteiger partial charge in [0.25, 0.3) is 11.8 Å². The predicted molar refractivity (Wildman–Crippen MR) is 131 cm³/mol. The molecule has 2 aromatic heterocycles. The van der Waals surface area contributed by atoms with Gasteiger partial charge >= 0.3 is 5.97 Å². The Morgan fingerprint density at radius 1 is 1.32 bits per heavy atom. The van der Waals surface area contributed by atoms with Crippen LogP contribution in [0.1, 0.15) is 63.1 Å². The van der Waals surface area contributed by atoms with Crippen LogP contribution in [-0.2, 0) is 6.42 Å². The fourth-order valence-corrected chi connectivity index (χ4v) is 4.92. The molecule has 3 aromatic rings. The highest BCUT2D eigenvalue weighted by atomic mass is 32.1. The van der Waals surface area contributed by atoms with Crippen LogP contribution in [0.5, 0.6) is 0 Å². The number of carbonyl (C=O) groups is 3. The first-order valence-electron chi connectivity index (χ1n) is 11.3. The third kappa shape index (κ3) is 5.11. The van der Waals surface area contributed by atoms with Crippen molar-refractivity contribution in [2.24, 2.45) is 5.73 Å². The predicted octanol–water partition coefficient (Wildman–Crippen LogP) is 2.34. The van der Waals surface area contributed by atoms with Crippen molar-refractivity contribution in [2.75, 3.05) is 18.4 Å². The molecule has 3 heterocycles. The van der Waals surface area contributed by atoms with Gasteiger partial charge in [-0.2, -0.15) is 0 Å². The van der Waals surface area contributed by atoms with Crippen LogP contribution < -0.4 is 21.7 Å². The zero-order valence-corrected chi connectivity index (χ0v) is 19.6. The number of hydrogen-bond donors (Lipinski definition) is 6. The van der Waals surface area contributed by atoms with Crippen molar-refractivity contribution in [3.63, 3.8) is 0 Å². The van der Waals surface area contributed by atoms with E-state index in [0.29, 0.717) is 46.5 Å². The second-order valence-electron chi connectivity index (χ2n) is 8.39. The van der Waals surface area contributed by atoms with Gasteiger partial charge < -0.3 is 26.5 Å². The minimum atomic E-state index is -1.05. The number of fused-ring (bicyclic) bond motifs is 1. The van der Waals surface area contributed by atoms with Crippen LogP contribution in [0.4, 0.5) is 5.13 Å². The minimum absolute atomic E-state index is 0.0213. The van der Waals surface area contributed by atoms with Crippen LogP contribution in [0, 0.1) is 0 Å². The Morgan fingerprint density at radius 2 is 2.15 bits per heavy atom. The summed E-state index contributed by atoms with van der Waals surface area (Å²) in [6, 6.07) is 5.19. The van der Waals surface area contributed by atoms with Crippen molar-refractivity contribution in [1.29, 1.82) is 0 Å². The van der Waals surface area contributed by atoms with Crippen molar-refractivity contribution in [3.05, 3.63) is 46.1 Å². The average Bonchev–Trinajstić information content (AvgIpc) is 3.57. The number of aromatic amines is 1. The number of carbonyl (C=O) groups excluding carboxylic acids is 2. The fraction of sp³-hybridized carbons (Fsp3) is 0.391. The van der Waals surface area contributed by atoms with Crippen LogP contribution in [0.3, 0.4) is 0 Å². The minimum Gasteiger partial charge on any atom is -0.477 e. The zero-order chi connectivity index (χ0) is 24.2. The van der Waals surface area contributed by atoms with E-state index in [1.54, 1.807) is 23.6 Å². The first-order chi connectivity index (χ1) is 16.4. The standard InChI is InChI=1S/C23H28N6O4S/c1-12(16-5-3-9-25-16)26-21(31)18-11-34-23(28-18)29-20(30)13-6-7-17-15(10-13)14(4-2-8-24)19(27-17)22(32)33/h6-7,10-12,16,25,27H,2-5,8-9,24H2,1H3,(H,26,31)(H,32,33)(H,28,29,30). The molecule has 0 radical (unpaired) electrons. The molecule has 0 bridgehead atoms. The molecule has 11 heteroatoms. The number of anilines is 1. The summed E-state index contributed by atoms with van der Waals surface area (Å²) in [7, 11) is 0. The number of thiazole rings is 1. The van der Waals surface area contributed by atoms with Crippen LogP contribution >= 0.6 is 11.3 Å². The van der Waals surface area contributed by atoms with E-state index >= 15 is 0 Å². The summed E-state index contributed by atoms with van der Waals surface area (Å²) < 4.78 is 0. The largest absolute Gasteiger partial charge is 0.477 e. The summed E-state index contributed by atoms with van der Waals surface area (Å²) in [5.74, 6) is -1.73. The molecule has 0 spiro atoms. The van der Waals surface area contributed by atoms with E-state index in [0.717, 1.165) is 19.4 Å². The number of nitrogens with zero attached hydrogens (tertiary/aromatic N) is 1. The van der Waals surface area contributed by atoms with Gasteiger partial charge in [-0.1, -0.05) is 0 Å². The third-order valence-electron chi connectivity index (χ3n) is 6.03. The van der Waals surface area contributed by atoms with E-state index in [2.05, 4.69) is 25.9 Å². The number of amides is 2. The van der Waals surface area contributed by atoms with Crippen molar-refractivity contribution < 1.29 is 19.5 Å². The van der Waals surface area contributed by atoms with Gasteiger partial charge in [0.15, 0.2) is 5.13 Å². The first kappa shape index (κ1) is 23.9. The van der Waals surface area contributed by atoms with Crippen LogP contribution in [0.15, 0.2) is 23.6 Å². The number of rotatable bonds is 9. The lowest BCUT2D eigenvalue weighted by molar-refractivity contribution is 0.0689. The molecule has 1 aliphatic rings. The number of benzene rings is 1. The molecule has 2 amide bonds. The zero-order valence-electron chi connectivity index (χ0n) is 18.8. The quantitative estimate of drug-likeness (QED) is 0.271. The molecule has 10 nitrogen and oxygen atoms in total. The number of aryl methyl sites for hydroxylation is 1. The van der Waals surface area contributed by atoms with Gasteiger partial charge in [0.05, 0.1) is 0 Å². The molecule has 1 fully saturated rings. The Bertz CT molecular complexity index is 1210. The van der Waals surface area contributed by atoms with Gasteiger partial charge in [0, 0.05) is 33.9 Å². The number of nitrogens with one attached hydrogen (secondary N) is 4. The Kier molecular flexibility index (Phi) is 7.25. The molecular formula is C23H28N6O4S. The summed E-state index contributed by atoms with van der Waals surface area (Å²) in [6.45, 7) is 3.35. The van der Waals surface area contributed by atoms with Crippen molar-refractivity contribution in [2.45, 2.75) is 44.7 Å². The Hall–Kier alpha value is -3.28. The second kappa shape index (κ2) is 10.3. The van der Waals surface area contributed by atoms with Crippen LogP contribution in [0.25, 0.3) is 10.9 Å². The molecule has 2 unspecified atom stereocenters. The van der Waals surface area contributed by atoms with Crippen LogP contribution in [0.2, 0.25) is 0 Å². The number of carboxylic acids is 1. The highest BCUT2D eigenvalue weighted by molar-refractivity contribution is 7.14. The monoisotopic (exact) mass is 484 g/mol. The van der Waals surface area contributed by atoms with Gasteiger partial charge in [-0.05, 0) is 69.5 Å². The Balaban J connectivity index is 1.47. The van der Waals surface area contributed by atoms with Crippen molar-refractivity contribution in [3.8, 4) is 0 Å². The maximum atomic E-state index is 12.9. The molecule has 0 saturated carbocycles. The molecule has 4 rings (SSSR count). The van der Waals surface area contributed by atoms with E-state index < -0.39 is 11.9 Å². The normalized spacial score (nSPS) is 16.5. The summed E-state index contributed by atoms with van der Waals surface area (Å²) in [5, 5.41) is 21.2. The molecule has 1 saturated heterocycles. The number of carboxylic acid groups (broad SMARTS) is 1. The summed E-state index contributed by atoms with van der Waals surface area (Å²) in [6.07, 6.45) is 3.23. The number of H-pyrrole nitrogens is 1. The maximum Gasteiger partial charge on any atom is 0.352 e. The average molecular weight is 485 g/mol. The van der Waals surface area contributed by atoms with E-state index in [1.807, 2.05) is 6.92 Å². The SMILES string of the molecule is CC(NC(=O)c1csc(NC(=O)c2ccc3[nH]c(C(=O)O)c(CCCN)c3c2)n1)C1CCCN1. The van der Waals surface area contributed by atoms with Gasteiger partial charge in [0.1, 0.15) is 11.4 Å². The summed E-state index contributed by atoms with van der Waals surface area (Å²) in [5.41, 5.74) is 7.59. The van der Waals surface area contributed by atoms with Gasteiger partial charge in [0.2, 0.25) is 0 Å².